The molecule has 0 unspecified atom stereocenters. The summed E-state index contributed by atoms with van der Waals surface area (Å²) in [4.78, 5) is 2.56. The van der Waals surface area contributed by atoms with Crippen LogP contribution in [0.5, 0.6) is 0 Å². The second-order valence-electron chi connectivity index (χ2n) is 4.74. The highest BCUT2D eigenvalue weighted by Crippen LogP contribution is 2.33. The highest BCUT2D eigenvalue weighted by Gasteiger charge is 2.36. The first-order chi connectivity index (χ1) is 6.23. The van der Waals surface area contributed by atoms with Crippen LogP contribution in [0.4, 0.5) is 0 Å². The van der Waals surface area contributed by atoms with Crippen LogP contribution >= 0.6 is 0 Å². The third kappa shape index (κ3) is 2.23. The molecule has 0 bridgehead atoms. The van der Waals surface area contributed by atoms with Gasteiger partial charge in [-0.1, -0.05) is 13.3 Å². The Balaban J connectivity index is 1.80. The molecule has 1 saturated carbocycles. The summed E-state index contributed by atoms with van der Waals surface area (Å²) in [7, 11) is 0. The van der Waals surface area contributed by atoms with Crippen molar-refractivity contribution in [3.63, 3.8) is 0 Å². The van der Waals surface area contributed by atoms with E-state index >= 15 is 0 Å². The van der Waals surface area contributed by atoms with Crippen LogP contribution in [0.2, 0.25) is 0 Å². The lowest BCUT2D eigenvalue weighted by molar-refractivity contribution is -0.0297. The van der Waals surface area contributed by atoms with Gasteiger partial charge < -0.3 is 10.0 Å². The Labute approximate surface area is 80.9 Å². The van der Waals surface area contributed by atoms with E-state index in [1.807, 2.05) is 0 Å². The Bertz CT molecular complexity index is 169. The first-order valence-electron chi connectivity index (χ1n) is 5.70. The molecule has 0 amide bonds. The first kappa shape index (κ1) is 9.47. The number of aliphatic hydroxyl groups is 1. The summed E-state index contributed by atoms with van der Waals surface area (Å²) >= 11 is 0. The number of likely N-dealkylation sites (tertiary alicyclic amines) is 1. The maximum Gasteiger partial charge on any atom is 0.0672 e. The second kappa shape index (κ2) is 3.58. The molecule has 76 valence electrons. The summed E-state index contributed by atoms with van der Waals surface area (Å²) in [5, 5.41) is 10.2. The lowest BCUT2D eigenvalue weighted by Gasteiger charge is -2.38. The zero-order valence-corrected chi connectivity index (χ0v) is 8.63. The molecule has 0 atom stereocenters. The molecule has 0 aromatic rings. The molecule has 2 heteroatoms. The molecule has 1 aliphatic heterocycles. The van der Waals surface area contributed by atoms with E-state index in [-0.39, 0.29) is 5.60 Å². The molecule has 1 aliphatic carbocycles. The maximum atomic E-state index is 10.2. The normalized spacial score (nSPS) is 29.1. The van der Waals surface area contributed by atoms with Crippen molar-refractivity contribution in [2.75, 3.05) is 13.1 Å². The lowest BCUT2D eigenvalue weighted by atomic mass is 9.87. The molecule has 2 rings (SSSR count). The smallest absolute Gasteiger partial charge is 0.0672 e. The molecule has 0 radical (unpaired) electrons. The Kier molecular flexibility index (Phi) is 2.61. The van der Waals surface area contributed by atoms with Crippen molar-refractivity contribution in [1.29, 1.82) is 0 Å². The molecule has 2 nitrogen and oxygen atoms in total. The van der Waals surface area contributed by atoms with Crippen LogP contribution < -0.4 is 0 Å². The van der Waals surface area contributed by atoms with E-state index < -0.39 is 0 Å². The van der Waals surface area contributed by atoms with Gasteiger partial charge in [0.15, 0.2) is 0 Å². The summed E-state index contributed by atoms with van der Waals surface area (Å²) in [6.07, 6.45) is 6.89. The molecule has 13 heavy (non-hydrogen) atoms. The molecule has 0 spiro atoms. The summed E-state index contributed by atoms with van der Waals surface area (Å²) in [5.74, 6) is 0. The van der Waals surface area contributed by atoms with Crippen LogP contribution in [0.25, 0.3) is 0 Å². The molecule has 1 heterocycles. The quantitative estimate of drug-likeness (QED) is 0.721. The van der Waals surface area contributed by atoms with E-state index in [1.165, 1.54) is 12.8 Å². The Morgan fingerprint density at radius 3 is 2.38 bits per heavy atom. The number of nitrogens with zero attached hydrogens (tertiary/aromatic N) is 1. The van der Waals surface area contributed by atoms with Gasteiger partial charge in [-0.15, -0.1) is 0 Å². The minimum absolute atomic E-state index is 0.319. The van der Waals surface area contributed by atoms with Gasteiger partial charge in [0.25, 0.3) is 0 Å². The molecule has 0 aromatic heterocycles. The average molecular weight is 183 g/mol. The molecule has 1 saturated heterocycles. The van der Waals surface area contributed by atoms with Gasteiger partial charge >= 0.3 is 0 Å². The third-order valence-electron chi connectivity index (χ3n) is 3.51. The van der Waals surface area contributed by atoms with Crippen LogP contribution in [0, 0.1) is 0 Å². The fourth-order valence-corrected chi connectivity index (χ4v) is 2.46. The Hall–Kier alpha value is -0.0800. The highest BCUT2D eigenvalue weighted by molar-refractivity contribution is 4.92. The van der Waals surface area contributed by atoms with E-state index in [0.717, 1.165) is 44.8 Å². The molecular formula is C11H21NO. The predicted octanol–water partition coefficient (Wildman–Crippen LogP) is 1.78. The van der Waals surface area contributed by atoms with Gasteiger partial charge in [-0.3, -0.25) is 0 Å². The number of hydrogen-bond acceptors (Lipinski definition) is 2. The summed E-state index contributed by atoms with van der Waals surface area (Å²) in [5.41, 5.74) is -0.319. The summed E-state index contributed by atoms with van der Waals surface area (Å²) in [6, 6.07) is 0.881. The average Bonchev–Trinajstić information content (AvgIpc) is 2.89. The van der Waals surface area contributed by atoms with E-state index in [4.69, 9.17) is 0 Å². The molecule has 2 fully saturated rings. The number of piperidine rings is 1. The number of hydrogen-bond donors (Lipinski definition) is 1. The standard InChI is InChI=1S/C11H21NO/c1-2-5-11(13)6-8-12(9-7-11)10-3-4-10/h10,13H,2-9H2,1H3. The second-order valence-corrected chi connectivity index (χ2v) is 4.74. The van der Waals surface area contributed by atoms with E-state index in [1.54, 1.807) is 0 Å². The Morgan fingerprint density at radius 1 is 1.31 bits per heavy atom. The van der Waals surface area contributed by atoms with Crippen LogP contribution in [-0.4, -0.2) is 34.7 Å². The SMILES string of the molecule is CCCC1(O)CCN(C2CC2)CC1. The van der Waals surface area contributed by atoms with Gasteiger partial charge in [0.2, 0.25) is 0 Å². The zero-order valence-electron chi connectivity index (χ0n) is 8.63. The maximum absolute atomic E-state index is 10.2. The molecule has 0 aromatic carbocycles. The van der Waals surface area contributed by atoms with Gasteiger partial charge in [-0.2, -0.15) is 0 Å². The van der Waals surface area contributed by atoms with Crippen molar-refractivity contribution in [2.45, 2.75) is 57.1 Å². The van der Waals surface area contributed by atoms with Crippen molar-refractivity contribution in [1.82, 2.24) is 4.90 Å². The summed E-state index contributed by atoms with van der Waals surface area (Å²) in [6.45, 7) is 4.41. The van der Waals surface area contributed by atoms with Crippen LogP contribution in [0.15, 0.2) is 0 Å². The predicted molar refractivity (Wildman–Crippen MR) is 53.7 cm³/mol. The van der Waals surface area contributed by atoms with Crippen LogP contribution in [0.1, 0.15) is 45.4 Å². The minimum Gasteiger partial charge on any atom is -0.390 e. The highest BCUT2D eigenvalue weighted by atomic mass is 16.3. The van der Waals surface area contributed by atoms with Gasteiger partial charge in [0.05, 0.1) is 5.60 Å². The van der Waals surface area contributed by atoms with E-state index in [2.05, 4.69) is 11.8 Å². The summed E-state index contributed by atoms with van der Waals surface area (Å²) < 4.78 is 0. The molecular weight excluding hydrogens is 162 g/mol. The van der Waals surface area contributed by atoms with Crippen molar-refractivity contribution in [3.05, 3.63) is 0 Å². The van der Waals surface area contributed by atoms with Crippen LogP contribution in [-0.2, 0) is 0 Å². The first-order valence-corrected chi connectivity index (χ1v) is 5.70. The van der Waals surface area contributed by atoms with Crippen molar-refractivity contribution < 1.29 is 5.11 Å². The van der Waals surface area contributed by atoms with Crippen LogP contribution in [0.3, 0.4) is 0 Å². The zero-order chi connectivity index (χ0) is 9.31. The van der Waals surface area contributed by atoms with Gasteiger partial charge in [-0.05, 0) is 32.1 Å². The van der Waals surface area contributed by atoms with Gasteiger partial charge in [-0.25, -0.2) is 0 Å². The fourth-order valence-electron chi connectivity index (χ4n) is 2.46. The van der Waals surface area contributed by atoms with Crippen molar-refractivity contribution in [2.24, 2.45) is 0 Å². The molecule has 2 aliphatic rings. The van der Waals surface area contributed by atoms with E-state index in [9.17, 15) is 5.11 Å². The number of rotatable bonds is 3. The topological polar surface area (TPSA) is 23.5 Å². The monoisotopic (exact) mass is 183 g/mol. The van der Waals surface area contributed by atoms with E-state index in [0.29, 0.717) is 0 Å². The van der Waals surface area contributed by atoms with Crippen molar-refractivity contribution in [3.8, 4) is 0 Å². The minimum atomic E-state index is -0.319. The third-order valence-corrected chi connectivity index (χ3v) is 3.51. The lowest BCUT2D eigenvalue weighted by Crippen LogP contribution is -2.45. The Morgan fingerprint density at radius 2 is 1.92 bits per heavy atom. The van der Waals surface area contributed by atoms with Crippen molar-refractivity contribution >= 4 is 0 Å². The molecule has 1 N–H and O–H groups in total. The van der Waals surface area contributed by atoms with Gasteiger partial charge in [0.1, 0.15) is 0 Å². The largest absolute Gasteiger partial charge is 0.390 e. The van der Waals surface area contributed by atoms with Gasteiger partial charge in [0, 0.05) is 19.1 Å². The fraction of sp³-hybridized carbons (Fsp3) is 1.00.